The van der Waals surface area contributed by atoms with Crippen LogP contribution in [0.15, 0.2) is 0 Å². The number of anilines is 1. The van der Waals surface area contributed by atoms with E-state index in [0.717, 1.165) is 30.8 Å². The second-order valence-corrected chi connectivity index (χ2v) is 5.91. The maximum Gasteiger partial charge on any atom is 0.282 e. The predicted octanol–water partition coefficient (Wildman–Crippen LogP) is 0.580. The van der Waals surface area contributed by atoms with E-state index < -0.39 is 0 Å². The third kappa shape index (κ3) is 3.17. The average Bonchev–Trinajstić information content (AvgIpc) is 2.94. The van der Waals surface area contributed by atoms with Crippen molar-refractivity contribution in [1.29, 1.82) is 0 Å². The van der Waals surface area contributed by atoms with E-state index in [9.17, 15) is 4.79 Å². The molecule has 2 rings (SSSR count). The second kappa shape index (κ2) is 5.62. The van der Waals surface area contributed by atoms with Crippen molar-refractivity contribution < 1.29 is 4.79 Å². The van der Waals surface area contributed by atoms with Gasteiger partial charge in [0, 0.05) is 19.1 Å². The van der Waals surface area contributed by atoms with Crippen LogP contribution in [0, 0.1) is 5.92 Å². The van der Waals surface area contributed by atoms with Gasteiger partial charge >= 0.3 is 0 Å². The van der Waals surface area contributed by atoms with Gasteiger partial charge in [-0.3, -0.25) is 4.79 Å². The molecule has 1 amide bonds. The van der Waals surface area contributed by atoms with Gasteiger partial charge in [0.1, 0.15) is 0 Å². The molecule has 100 valence electrons. The first-order valence-corrected chi connectivity index (χ1v) is 6.99. The van der Waals surface area contributed by atoms with Crippen LogP contribution in [0.2, 0.25) is 0 Å². The molecule has 3 N–H and O–H groups in total. The lowest BCUT2D eigenvalue weighted by atomic mass is 10.1. The molecular formula is C11H19N5OS. The Balaban J connectivity index is 1.77. The first-order chi connectivity index (χ1) is 8.56. The minimum atomic E-state index is -0.174. The van der Waals surface area contributed by atoms with Gasteiger partial charge in [0.05, 0.1) is 0 Å². The van der Waals surface area contributed by atoms with Gasteiger partial charge in [-0.15, -0.1) is 10.2 Å². The summed E-state index contributed by atoms with van der Waals surface area (Å²) in [6.45, 7) is 7.26. The normalized spacial score (nSPS) is 20.5. The number of rotatable bonds is 4. The fraction of sp³-hybridized carbons (Fsp3) is 0.727. The summed E-state index contributed by atoms with van der Waals surface area (Å²) in [5.41, 5.74) is 5.44. The Morgan fingerprint density at radius 2 is 2.39 bits per heavy atom. The number of carbonyl (C=O) groups is 1. The van der Waals surface area contributed by atoms with E-state index in [4.69, 9.17) is 5.73 Å². The van der Waals surface area contributed by atoms with E-state index >= 15 is 0 Å². The monoisotopic (exact) mass is 269 g/mol. The van der Waals surface area contributed by atoms with Gasteiger partial charge in [-0.2, -0.15) is 0 Å². The summed E-state index contributed by atoms with van der Waals surface area (Å²) in [4.78, 5) is 14.2. The molecule has 2 heterocycles. The fourth-order valence-corrected chi connectivity index (χ4v) is 2.66. The van der Waals surface area contributed by atoms with Crippen molar-refractivity contribution in [2.75, 3.05) is 25.4 Å². The molecule has 0 radical (unpaired) electrons. The van der Waals surface area contributed by atoms with Crippen LogP contribution in [-0.2, 0) is 0 Å². The van der Waals surface area contributed by atoms with Crippen molar-refractivity contribution in [2.24, 2.45) is 5.92 Å². The van der Waals surface area contributed by atoms with Gasteiger partial charge in [0.25, 0.3) is 5.91 Å². The van der Waals surface area contributed by atoms with Gasteiger partial charge in [0.2, 0.25) is 10.1 Å². The van der Waals surface area contributed by atoms with Crippen molar-refractivity contribution in [1.82, 2.24) is 20.4 Å². The largest absolute Gasteiger partial charge is 0.374 e. The Morgan fingerprint density at radius 3 is 2.94 bits per heavy atom. The molecule has 1 aromatic rings. The molecule has 1 fully saturated rings. The molecule has 0 spiro atoms. The van der Waals surface area contributed by atoms with Gasteiger partial charge in [-0.1, -0.05) is 11.3 Å². The van der Waals surface area contributed by atoms with Gasteiger partial charge in [-0.05, 0) is 32.7 Å². The van der Waals surface area contributed by atoms with Gasteiger partial charge in [0.15, 0.2) is 0 Å². The van der Waals surface area contributed by atoms with E-state index in [0.29, 0.717) is 28.6 Å². The smallest absolute Gasteiger partial charge is 0.282 e. The van der Waals surface area contributed by atoms with Crippen LogP contribution >= 0.6 is 11.3 Å². The molecule has 7 heteroatoms. The molecule has 18 heavy (non-hydrogen) atoms. The van der Waals surface area contributed by atoms with Crippen LogP contribution in [-0.4, -0.2) is 46.7 Å². The maximum atomic E-state index is 11.8. The molecule has 1 aromatic heterocycles. The molecule has 1 saturated heterocycles. The van der Waals surface area contributed by atoms with Crippen LogP contribution in [0.25, 0.3) is 0 Å². The Morgan fingerprint density at radius 1 is 1.61 bits per heavy atom. The quantitative estimate of drug-likeness (QED) is 0.835. The van der Waals surface area contributed by atoms with E-state index in [1.807, 2.05) is 0 Å². The van der Waals surface area contributed by atoms with Crippen molar-refractivity contribution in [3.63, 3.8) is 0 Å². The molecule has 1 atom stereocenters. The highest BCUT2D eigenvalue weighted by Crippen LogP contribution is 2.18. The molecule has 0 aromatic carbocycles. The molecule has 1 aliphatic heterocycles. The van der Waals surface area contributed by atoms with Crippen LogP contribution < -0.4 is 11.1 Å². The fourth-order valence-electron chi connectivity index (χ4n) is 2.14. The van der Waals surface area contributed by atoms with E-state index in [1.165, 1.54) is 0 Å². The standard InChI is InChI=1S/C11H19N5OS/c1-7(2)16-4-3-8(6-16)5-13-9(17)10-14-15-11(12)18-10/h7-8H,3-6H2,1-2H3,(H2,12,15)(H,13,17). The average molecular weight is 269 g/mol. The molecule has 0 saturated carbocycles. The first kappa shape index (κ1) is 13.2. The highest BCUT2D eigenvalue weighted by atomic mass is 32.1. The lowest BCUT2D eigenvalue weighted by Crippen LogP contribution is -2.32. The predicted molar refractivity (Wildman–Crippen MR) is 71.5 cm³/mol. The third-order valence-electron chi connectivity index (χ3n) is 3.23. The van der Waals surface area contributed by atoms with Crippen molar-refractivity contribution >= 4 is 22.4 Å². The first-order valence-electron chi connectivity index (χ1n) is 6.17. The van der Waals surface area contributed by atoms with E-state index in [1.54, 1.807) is 0 Å². The van der Waals surface area contributed by atoms with Crippen LogP contribution in [0.4, 0.5) is 5.13 Å². The number of aromatic nitrogens is 2. The highest BCUT2D eigenvalue weighted by molar-refractivity contribution is 7.16. The molecule has 0 aliphatic carbocycles. The third-order valence-corrected chi connectivity index (χ3v) is 3.98. The number of nitrogen functional groups attached to an aromatic ring is 1. The number of nitrogens with two attached hydrogens (primary N) is 1. The Labute approximate surface area is 111 Å². The molecule has 1 unspecified atom stereocenters. The van der Waals surface area contributed by atoms with Gasteiger partial charge in [-0.25, -0.2) is 0 Å². The van der Waals surface area contributed by atoms with Crippen LogP contribution in [0.5, 0.6) is 0 Å². The zero-order valence-electron chi connectivity index (χ0n) is 10.7. The topological polar surface area (TPSA) is 84.1 Å². The number of hydrogen-bond donors (Lipinski definition) is 2. The lowest BCUT2D eigenvalue weighted by Gasteiger charge is -2.20. The minimum Gasteiger partial charge on any atom is -0.374 e. The van der Waals surface area contributed by atoms with Crippen molar-refractivity contribution in [3.8, 4) is 0 Å². The molecule has 0 bridgehead atoms. The summed E-state index contributed by atoms with van der Waals surface area (Å²) in [5.74, 6) is 0.355. The molecular weight excluding hydrogens is 250 g/mol. The SMILES string of the molecule is CC(C)N1CCC(CNC(=O)c2nnc(N)s2)C1. The van der Waals surface area contributed by atoms with Crippen molar-refractivity contribution in [3.05, 3.63) is 5.01 Å². The van der Waals surface area contributed by atoms with E-state index in [-0.39, 0.29) is 5.91 Å². The number of carbonyl (C=O) groups excluding carboxylic acids is 1. The summed E-state index contributed by atoms with van der Waals surface area (Å²) in [5, 5.41) is 10.9. The Bertz CT molecular complexity index is 419. The number of amides is 1. The lowest BCUT2D eigenvalue weighted by molar-refractivity contribution is 0.0946. The zero-order valence-corrected chi connectivity index (χ0v) is 11.5. The Hall–Kier alpha value is -1.21. The van der Waals surface area contributed by atoms with Crippen LogP contribution in [0.1, 0.15) is 30.1 Å². The summed E-state index contributed by atoms with van der Waals surface area (Å²) in [6, 6.07) is 0.577. The zero-order chi connectivity index (χ0) is 13.1. The Kier molecular flexibility index (Phi) is 4.13. The number of nitrogens with one attached hydrogen (secondary N) is 1. The van der Waals surface area contributed by atoms with E-state index in [2.05, 4.69) is 34.3 Å². The highest BCUT2D eigenvalue weighted by Gasteiger charge is 2.24. The van der Waals surface area contributed by atoms with Crippen LogP contribution in [0.3, 0.4) is 0 Å². The summed E-state index contributed by atoms with van der Waals surface area (Å²) in [7, 11) is 0. The van der Waals surface area contributed by atoms with Crippen molar-refractivity contribution in [2.45, 2.75) is 26.3 Å². The second-order valence-electron chi connectivity index (χ2n) is 4.90. The molecule has 1 aliphatic rings. The minimum absolute atomic E-state index is 0.174. The number of likely N-dealkylation sites (tertiary alicyclic amines) is 1. The molecule has 6 nitrogen and oxygen atoms in total. The number of nitrogens with zero attached hydrogens (tertiary/aromatic N) is 3. The summed E-state index contributed by atoms with van der Waals surface area (Å²) < 4.78 is 0. The summed E-state index contributed by atoms with van der Waals surface area (Å²) in [6.07, 6.45) is 1.14. The number of hydrogen-bond acceptors (Lipinski definition) is 6. The maximum absolute atomic E-state index is 11.8. The van der Waals surface area contributed by atoms with Gasteiger partial charge < -0.3 is 16.0 Å². The summed E-state index contributed by atoms with van der Waals surface area (Å²) >= 11 is 1.12.